The standard InChI is InChI=1S/C9H10N2O2/c1-5-3-8-10-4-7(9(12)13)11(8)6(5)2/h3-4,10H,1-2H3,(H,12,13). The summed E-state index contributed by atoms with van der Waals surface area (Å²) in [5.41, 5.74) is 3.16. The first-order valence-corrected chi connectivity index (χ1v) is 4.00. The van der Waals surface area contributed by atoms with Crippen LogP contribution in [0.2, 0.25) is 0 Å². The van der Waals surface area contributed by atoms with Crippen LogP contribution in [0.4, 0.5) is 0 Å². The van der Waals surface area contributed by atoms with Crippen molar-refractivity contribution in [2.45, 2.75) is 13.8 Å². The average Bonchev–Trinajstić information content (AvgIpc) is 2.55. The summed E-state index contributed by atoms with van der Waals surface area (Å²) in [4.78, 5) is 13.7. The molecule has 2 aromatic rings. The maximum absolute atomic E-state index is 10.8. The quantitative estimate of drug-likeness (QED) is 0.696. The molecule has 0 saturated carbocycles. The molecule has 0 aliphatic rings. The lowest BCUT2D eigenvalue weighted by Gasteiger charge is -1.95. The smallest absolute Gasteiger partial charge is 0.354 e. The average molecular weight is 178 g/mol. The lowest BCUT2D eigenvalue weighted by Crippen LogP contribution is -2.01. The number of carboxylic acid groups (broad SMARTS) is 1. The molecule has 0 aliphatic heterocycles. The van der Waals surface area contributed by atoms with Gasteiger partial charge >= 0.3 is 5.97 Å². The van der Waals surface area contributed by atoms with Gasteiger partial charge in [-0.2, -0.15) is 0 Å². The summed E-state index contributed by atoms with van der Waals surface area (Å²) in [6.07, 6.45) is 1.50. The molecule has 0 saturated heterocycles. The molecule has 2 heterocycles. The van der Waals surface area contributed by atoms with Gasteiger partial charge in [0.25, 0.3) is 0 Å². The molecular formula is C9H10N2O2. The molecule has 4 heteroatoms. The number of aromatic nitrogens is 2. The zero-order valence-electron chi connectivity index (χ0n) is 7.46. The number of imidazole rings is 1. The summed E-state index contributed by atoms with van der Waals surface area (Å²) < 4.78 is 1.71. The van der Waals surface area contributed by atoms with Gasteiger partial charge in [-0.3, -0.25) is 4.40 Å². The molecule has 0 bridgehead atoms. The van der Waals surface area contributed by atoms with Crippen molar-refractivity contribution in [2.75, 3.05) is 0 Å². The van der Waals surface area contributed by atoms with E-state index in [1.165, 1.54) is 6.20 Å². The van der Waals surface area contributed by atoms with E-state index in [2.05, 4.69) is 4.98 Å². The molecule has 0 aliphatic carbocycles. The summed E-state index contributed by atoms with van der Waals surface area (Å²) in [6.45, 7) is 3.87. The normalized spacial score (nSPS) is 10.9. The second kappa shape index (κ2) is 2.39. The minimum atomic E-state index is -0.912. The van der Waals surface area contributed by atoms with Gasteiger partial charge in [0.1, 0.15) is 11.3 Å². The van der Waals surface area contributed by atoms with Gasteiger partial charge in [0.2, 0.25) is 0 Å². The van der Waals surface area contributed by atoms with E-state index in [1.54, 1.807) is 4.40 Å². The van der Waals surface area contributed by atoms with Crippen LogP contribution in [0.15, 0.2) is 12.3 Å². The molecule has 13 heavy (non-hydrogen) atoms. The van der Waals surface area contributed by atoms with Gasteiger partial charge in [-0.05, 0) is 25.5 Å². The van der Waals surface area contributed by atoms with E-state index in [4.69, 9.17) is 5.11 Å². The van der Waals surface area contributed by atoms with Crippen LogP contribution in [0.3, 0.4) is 0 Å². The number of aromatic amines is 1. The molecule has 2 N–H and O–H groups in total. The number of rotatable bonds is 1. The van der Waals surface area contributed by atoms with E-state index < -0.39 is 5.97 Å². The van der Waals surface area contributed by atoms with Crippen molar-refractivity contribution in [2.24, 2.45) is 0 Å². The second-order valence-electron chi connectivity index (χ2n) is 3.11. The Balaban J connectivity index is 2.85. The number of H-pyrrole nitrogens is 1. The number of hydrogen-bond donors (Lipinski definition) is 2. The van der Waals surface area contributed by atoms with Gasteiger partial charge in [0.05, 0.1) is 0 Å². The fraction of sp³-hybridized carbons (Fsp3) is 0.222. The molecule has 2 rings (SSSR count). The van der Waals surface area contributed by atoms with Crippen molar-refractivity contribution in [3.63, 3.8) is 0 Å². The van der Waals surface area contributed by atoms with Crippen LogP contribution in [0, 0.1) is 13.8 Å². The lowest BCUT2D eigenvalue weighted by atomic mass is 10.3. The molecule has 68 valence electrons. The van der Waals surface area contributed by atoms with Crippen molar-refractivity contribution in [3.05, 3.63) is 29.2 Å². The summed E-state index contributed by atoms with van der Waals surface area (Å²) in [5.74, 6) is -0.912. The summed E-state index contributed by atoms with van der Waals surface area (Å²) in [6, 6.07) is 1.93. The maximum Gasteiger partial charge on any atom is 0.354 e. The molecule has 2 aromatic heterocycles. The molecular weight excluding hydrogens is 168 g/mol. The Morgan fingerprint density at radius 1 is 1.54 bits per heavy atom. The minimum absolute atomic E-state index is 0.278. The third kappa shape index (κ3) is 0.950. The Labute approximate surface area is 74.8 Å². The molecule has 0 atom stereocenters. The fourth-order valence-corrected chi connectivity index (χ4v) is 1.51. The third-order valence-electron chi connectivity index (χ3n) is 2.32. The minimum Gasteiger partial charge on any atom is -0.477 e. The summed E-state index contributed by atoms with van der Waals surface area (Å²) in [5, 5.41) is 8.86. The van der Waals surface area contributed by atoms with Crippen molar-refractivity contribution in [1.29, 1.82) is 0 Å². The van der Waals surface area contributed by atoms with E-state index in [-0.39, 0.29) is 5.69 Å². The SMILES string of the molecule is Cc1cc2[nH]cc(C(=O)O)n2c1C. The monoisotopic (exact) mass is 178 g/mol. The van der Waals surface area contributed by atoms with Gasteiger partial charge < -0.3 is 10.1 Å². The van der Waals surface area contributed by atoms with E-state index in [9.17, 15) is 4.79 Å². The first kappa shape index (κ1) is 7.91. The summed E-state index contributed by atoms with van der Waals surface area (Å²) in [7, 11) is 0. The van der Waals surface area contributed by atoms with Crippen LogP contribution in [0.1, 0.15) is 21.7 Å². The third-order valence-corrected chi connectivity index (χ3v) is 2.32. The highest BCUT2D eigenvalue weighted by molar-refractivity contribution is 5.87. The zero-order valence-corrected chi connectivity index (χ0v) is 7.46. The van der Waals surface area contributed by atoms with E-state index in [0.717, 1.165) is 16.9 Å². The van der Waals surface area contributed by atoms with Gasteiger partial charge in [0, 0.05) is 11.9 Å². The number of aromatic carboxylic acids is 1. The molecule has 0 amide bonds. The maximum atomic E-state index is 10.8. The zero-order chi connectivity index (χ0) is 9.59. The Hall–Kier alpha value is -1.71. The Bertz CT molecular complexity index is 479. The summed E-state index contributed by atoms with van der Waals surface area (Å²) >= 11 is 0. The van der Waals surface area contributed by atoms with Crippen LogP contribution < -0.4 is 0 Å². The molecule has 0 unspecified atom stereocenters. The van der Waals surface area contributed by atoms with Crippen LogP contribution in [-0.4, -0.2) is 20.5 Å². The van der Waals surface area contributed by atoms with Gasteiger partial charge in [-0.25, -0.2) is 4.79 Å². The number of nitrogens with zero attached hydrogens (tertiary/aromatic N) is 1. The molecule has 0 aromatic carbocycles. The number of carbonyl (C=O) groups is 1. The highest BCUT2D eigenvalue weighted by Gasteiger charge is 2.13. The van der Waals surface area contributed by atoms with E-state index in [1.807, 2.05) is 19.9 Å². The van der Waals surface area contributed by atoms with Crippen LogP contribution in [0.5, 0.6) is 0 Å². The largest absolute Gasteiger partial charge is 0.477 e. The molecule has 0 radical (unpaired) electrons. The van der Waals surface area contributed by atoms with Crippen LogP contribution >= 0.6 is 0 Å². The Morgan fingerprint density at radius 2 is 2.23 bits per heavy atom. The number of aryl methyl sites for hydroxylation is 2. The first-order chi connectivity index (χ1) is 6.11. The lowest BCUT2D eigenvalue weighted by molar-refractivity contribution is 0.0689. The highest BCUT2D eigenvalue weighted by Crippen LogP contribution is 2.16. The van der Waals surface area contributed by atoms with E-state index in [0.29, 0.717) is 0 Å². The Kier molecular flexibility index (Phi) is 1.45. The number of nitrogens with one attached hydrogen (secondary N) is 1. The van der Waals surface area contributed by atoms with E-state index >= 15 is 0 Å². The van der Waals surface area contributed by atoms with Crippen molar-refractivity contribution in [3.8, 4) is 0 Å². The van der Waals surface area contributed by atoms with Gasteiger partial charge in [-0.15, -0.1) is 0 Å². The number of hydrogen-bond acceptors (Lipinski definition) is 1. The molecule has 4 nitrogen and oxygen atoms in total. The molecule has 0 fully saturated rings. The second-order valence-corrected chi connectivity index (χ2v) is 3.11. The predicted octanol–water partition coefficient (Wildman–Crippen LogP) is 1.58. The highest BCUT2D eigenvalue weighted by atomic mass is 16.4. The molecule has 0 spiro atoms. The van der Waals surface area contributed by atoms with Gasteiger partial charge in [0.15, 0.2) is 0 Å². The topological polar surface area (TPSA) is 57.5 Å². The van der Waals surface area contributed by atoms with Crippen LogP contribution in [-0.2, 0) is 0 Å². The van der Waals surface area contributed by atoms with Crippen molar-refractivity contribution >= 4 is 11.6 Å². The Morgan fingerprint density at radius 3 is 2.85 bits per heavy atom. The fourth-order valence-electron chi connectivity index (χ4n) is 1.51. The van der Waals surface area contributed by atoms with Crippen molar-refractivity contribution < 1.29 is 9.90 Å². The van der Waals surface area contributed by atoms with Crippen molar-refractivity contribution in [1.82, 2.24) is 9.38 Å². The number of carboxylic acids is 1. The number of fused-ring (bicyclic) bond motifs is 1. The van der Waals surface area contributed by atoms with Gasteiger partial charge in [-0.1, -0.05) is 0 Å². The first-order valence-electron chi connectivity index (χ1n) is 4.00. The van der Waals surface area contributed by atoms with Crippen LogP contribution in [0.25, 0.3) is 5.65 Å². The predicted molar refractivity (Wildman–Crippen MR) is 48.2 cm³/mol.